The molecule has 2 aliphatic rings. The molecule has 6 rings (SSSR count). The van der Waals surface area contributed by atoms with Gasteiger partial charge in [0.1, 0.15) is 13.3 Å². The number of halogens is 3. The lowest BCUT2D eigenvalue weighted by Crippen LogP contribution is -2.39. The predicted molar refractivity (Wildman–Crippen MR) is 133 cm³/mol. The second kappa shape index (κ2) is 9.11. The number of nitrogens with zero attached hydrogens (tertiary/aromatic N) is 2. The molecule has 2 aliphatic heterocycles. The Labute approximate surface area is 212 Å². The number of methoxy groups -OCH3 is 1. The molecule has 0 bridgehead atoms. The van der Waals surface area contributed by atoms with Gasteiger partial charge in [-0.2, -0.15) is 13.2 Å². The van der Waals surface area contributed by atoms with E-state index in [1.54, 1.807) is 7.11 Å². The standard InChI is InChI=1S/C29H27F3N2O3/c1-36-27-12-19-10-11-33-15-26-23(21-4-2-3-5-24(21)34(26)17-35)13-25(33)22(19)14-28(27)37-16-18-6-8-20(9-7-18)29(30,31)32/h2-9,12,14,25,35H,10-11,13,15-17H2,1H3. The van der Waals surface area contributed by atoms with Gasteiger partial charge >= 0.3 is 6.18 Å². The summed E-state index contributed by atoms with van der Waals surface area (Å²) in [5, 5.41) is 11.3. The molecule has 0 spiro atoms. The average molecular weight is 509 g/mol. The molecule has 1 N–H and O–H groups in total. The summed E-state index contributed by atoms with van der Waals surface area (Å²) in [4.78, 5) is 2.45. The molecule has 0 saturated carbocycles. The maximum atomic E-state index is 12.9. The quantitative estimate of drug-likeness (QED) is 0.367. The van der Waals surface area contributed by atoms with E-state index in [1.807, 2.05) is 28.8 Å². The number of aliphatic hydroxyl groups is 1. The zero-order valence-electron chi connectivity index (χ0n) is 20.4. The summed E-state index contributed by atoms with van der Waals surface area (Å²) in [6, 6.07) is 17.4. The summed E-state index contributed by atoms with van der Waals surface area (Å²) in [6.45, 7) is 1.74. The smallest absolute Gasteiger partial charge is 0.416 e. The monoisotopic (exact) mass is 508 g/mol. The van der Waals surface area contributed by atoms with Gasteiger partial charge in [0.15, 0.2) is 11.5 Å². The highest BCUT2D eigenvalue weighted by Gasteiger charge is 2.36. The first-order chi connectivity index (χ1) is 17.9. The van der Waals surface area contributed by atoms with Crippen LogP contribution >= 0.6 is 0 Å². The maximum absolute atomic E-state index is 12.9. The van der Waals surface area contributed by atoms with Crippen LogP contribution in [0.2, 0.25) is 0 Å². The zero-order chi connectivity index (χ0) is 25.7. The Hall–Kier alpha value is -3.49. The number of para-hydroxylation sites is 1. The van der Waals surface area contributed by atoms with Crippen LogP contribution in [0.1, 0.15) is 39.6 Å². The van der Waals surface area contributed by atoms with Gasteiger partial charge in [0.25, 0.3) is 0 Å². The molecule has 0 fully saturated rings. The molecule has 5 nitrogen and oxygen atoms in total. The molecule has 0 saturated heterocycles. The van der Waals surface area contributed by atoms with Crippen molar-refractivity contribution in [1.82, 2.24) is 9.47 Å². The molecule has 1 atom stereocenters. The lowest BCUT2D eigenvalue weighted by Gasteiger charge is -2.41. The van der Waals surface area contributed by atoms with E-state index in [0.717, 1.165) is 49.3 Å². The first kappa shape index (κ1) is 23.9. The summed E-state index contributed by atoms with van der Waals surface area (Å²) in [7, 11) is 1.60. The van der Waals surface area contributed by atoms with Gasteiger partial charge in [-0.1, -0.05) is 30.3 Å². The first-order valence-corrected chi connectivity index (χ1v) is 12.3. The van der Waals surface area contributed by atoms with Gasteiger partial charge < -0.3 is 19.1 Å². The van der Waals surface area contributed by atoms with E-state index in [9.17, 15) is 18.3 Å². The van der Waals surface area contributed by atoms with E-state index in [4.69, 9.17) is 9.47 Å². The highest BCUT2D eigenvalue weighted by molar-refractivity contribution is 5.86. The van der Waals surface area contributed by atoms with Crippen LogP contribution in [0.25, 0.3) is 10.9 Å². The number of hydrogen-bond donors (Lipinski definition) is 1. The Bertz CT molecular complexity index is 1460. The van der Waals surface area contributed by atoms with E-state index in [-0.39, 0.29) is 19.4 Å². The summed E-state index contributed by atoms with van der Waals surface area (Å²) in [6.07, 6.45) is -2.67. The van der Waals surface area contributed by atoms with E-state index >= 15 is 0 Å². The second-order valence-electron chi connectivity index (χ2n) is 9.64. The third-order valence-corrected chi connectivity index (χ3v) is 7.66. The molecule has 0 radical (unpaired) electrons. The molecule has 0 amide bonds. The Morgan fingerprint density at radius 1 is 1.03 bits per heavy atom. The van der Waals surface area contributed by atoms with Crippen molar-refractivity contribution in [3.8, 4) is 11.5 Å². The van der Waals surface area contributed by atoms with Gasteiger partial charge in [0.05, 0.1) is 18.2 Å². The van der Waals surface area contributed by atoms with E-state index in [2.05, 4.69) is 17.0 Å². The van der Waals surface area contributed by atoms with E-state index < -0.39 is 11.7 Å². The number of aromatic nitrogens is 1. The van der Waals surface area contributed by atoms with Crippen molar-refractivity contribution >= 4 is 10.9 Å². The van der Waals surface area contributed by atoms with Crippen molar-refractivity contribution in [3.05, 3.63) is 94.2 Å². The number of rotatable bonds is 5. The molecule has 3 aromatic carbocycles. The maximum Gasteiger partial charge on any atom is 0.416 e. The fraction of sp³-hybridized carbons (Fsp3) is 0.310. The van der Waals surface area contributed by atoms with Crippen molar-refractivity contribution in [2.24, 2.45) is 0 Å². The fourth-order valence-corrected chi connectivity index (χ4v) is 5.80. The number of alkyl halides is 3. The summed E-state index contributed by atoms with van der Waals surface area (Å²) in [5.74, 6) is 1.19. The van der Waals surface area contributed by atoms with Gasteiger partial charge in [-0.25, -0.2) is 0 Å². The molecule has 1 unspecified atom stereocenters. The second-order valence-corrected chi connectivity index (χ2v) is 9.64. The van der Waals surface area contributed by atoms with Crippen molar-refractivity contribution in [2.75, 3.05) is 13.7 Å². The van der Waals surface area contributed by atoms with Crippen molar-refractivity contribution in [2.45, 2.75) is 44.9 Å². The third kappa shape index (κ3) is 4.14. The Balaban J connectivity index is 1.31. The number of aliphatic hydroxyl groups excluding tert-OH is 1. The number of benzene rings is 3. The molecule has 8 heteroatoms. The van der Waals surface area contributed by atoms with Crippen LogP contribution in [0.4, 0.5) is 13.2 Å². The topological polar surface area (TPSA) is 46.9 Å². The number of hydrogen-bond acceptors (Lipinski definition) is 4. The Morgan fingerprint density at radius 3 is 2.54 bits per heavy atom. The Morgan fingerprint density at radius 2 is 1.81 bits per heavy atom. The van der Waals surface area contributed by atoms with E-state index in [1.165, 1.54) is 34.2 Å². The van der Waals surface area contributed by atoms with Crippen molar-refractivity contribution < 1.29 is 27.8 Å². The van der Waals surface area contributed by atoms with E-state index in [0.29, 0.717) is 17.1 Å². The van der Waals surface area contributed by atoms with Crippen LogP contribution in [0, 0.1) is 0 Å². The summed E-state index contributed by atoms with van der Waals surface area (Å²) in [5.41, 5.74) is 5.84. The molecule has 0 aliphatic carbocycles. The molecular weight excluding hydrogens is 481 g/mol. The predicted octanol–water partition coefficient (Wildman–Crippen LogP) is 5.85. The normalized spacial score (nSPS) is 17.3. The van der Waals surface area contributed by atoms with Crippen LogP contribution in [0.3, 0.4) is 0 Å². The minimum absolute atomic E-state index is 0.0515. The van der Waals surface area contributed by atoms with Crippen LogP contribution in [-0.2, 0) is 38.9 Å². The number of ether oxygens (including phenoxy) is 2. The molecule has 192 valence electrons. The SMILES string of the molecule is COc1cc2c(cc1OCc1ccc(C(F)(F)F)cc1)C1Cc3c(n(CO)c4ccccc34)CN1CC2. The Kier molecular flexibility index (Phi) is 5.88. The first-order valence-electron chi connectivity index (χ1n) is 12.3. The highest BCUT2D eigenvalue weighted by Crippen LogP contribution is 2.44. The fourth-order valence-electron chi connectivity index (χ4n) is 5.80. The van der Waals surface area contributed by atoms with Crippen LogP contribution < -0.4 is 9.47 Å². The van der Waals surface area contributed by atoms with Crippen LogP contribution in [0.15, 0.2) is 60.7 Å². The lowest BCUT2D eigenvalue weighted by atomic mass is 9.85. The lowest BCUT2D eigenvalue weighted by molar-refractivity contribution is -0.137. The molecule has 1 aromatic heterocycles. The minimum Gasteiger partial charge on any atom is -0.493 e. The summed E-state index contributed by atoms with van der Waals surface area (Å²) < 4.78 is 52.4. The van der Waals surface area contributed by atoms with Crippen molar-refractivity contribution in [3.63, 3.8) is 0 Å². The summed E-state index contributed by atoms with van der Waals surface area (Å²) >= 11 is 0. The zero-order valence-corrected chi connectivity index (χ0v) is 20.4. The van der Waals surface area contributed by atoms with Gasteiger partial charge in [-0.3, -0.25) is 4.90 Å². The van der Waals surface area contributed by atoms with Gasteiger partial charge in [-0.15, -0.1) is 0 Å². The minimum atomic E-state index is -4.36. The molecular formula is C29H27F3N2O3. The average Bonchev–Trinajstić information content (AvgIpc) is 3.22. The third-order valence-electron chi connectivity index (χ3n) is 7.66. The van der Waals surface area contributed by atoms with Gasteiger partial charge in [0, 0.05) is 30.2 Å². The number of fused-ring (bicyclic) bond motifs is 6. The molecule has 3 heterocycles. The molecule has 4 aromatic rings. The van der Waals surface area contributed by atoms with Crippen molar-refractivity contribution in [1.29, 1.82) is 0 Å². The van der Waals surface area contributed by atoms with Crippen LogP contribution in [0.5, 0.6) is 11.5 Å². The molecule has 37 heavy (non-hydrogen) atoms. The highest BCUT2D eigenvalue weighted by atomic mass is 19.4. The van der Waals surface area contributed by atoms with Crippen LogP contribution in [-0.4, -0.2) is 28.2 Å². The van der Waals surface area contributed by atoms with Gasteiger partial charge in [0.2, 0.25) is 0 Å². The van der Waals surface area contributed by atoms with Gasteiger partial charge in [-0.05, 0) is 65.4 Å². The largest absolute Gasteiger partial charge is 0.493 e.